The number of aryl methyl sites for hydroxylation is 1. The summed E-state index contributed by atoms with van der Waals surface area (Å²) in [4.78, 5) is 25.7. The normalized spacial score (nSPS) is 10.8. The summed E-state index contributed by atoms with van der Waals surface area (Å²) in [5.74, 6) is 0.394. The quantitative estimate of drug-likeness (QED) is 0.599. The van der Waals surface area contributed by atoms with Gasteiger partial charge in [0, 0.05) is 41.0 Å². The molecular weight excluding hydrogens is 350 g/mol. The van der Waals surface area contributed by atoms with Crippen LogP contribution in [0.15, 0.2) is 65.8 Å². The smallest absolute Gasteiger partial charge is 0.259 e. The molecule has 6 nitrogen and oxygen atoms in total. The number of halogens is 1. The first-order chi connectivity index (χ1) is 12.6. The Hall–Kier alpha value is -3.25. The van der Waals surface area contributed by atoms with Gasteiger partial charge in [0.25, 0.3) is 5.56 Å². The molecule has 0 aliphatic heterocycles. The van der Waals surface area contributed by atoms with Crippen molar-refractivity contribution in [1.82, 2.24) is 19.5 Å². The van der Waals surface area contributed by atoms with E-state index in [9.17, 15) is 4.79 Å². The van der Waals surface area contributed by atoms with E-state index in [-0.39, 0.29) is 5.56 Å². The third-order valence-electron chi connectivity index (χ3n) is 4.03. The summed E-state index contributed by atoms with van der Waals surface area (Å²) < 4.78 is 1.50. The van der Waals surface area contributed by atoms with Gasteiger partial charge in [-0.15, -0.1) is 0 Å². The van der Waals surface area contributed by atoms with E-state index in [1.54, 1.807) is 37.8 Å². The minimum atomic E-state index is -0.170. The van der Waals surface area contributed by atoms with E-state index in [0.717, 1.165) is 11.1 Å². The van der Waals surface area contributed by atoms with Crippen LogP contribution in [-0.4, -0.2) is 19.5 Å². The predicted molar refractivity (Wildman–Crippen MR) is 103 cm³/mol. The number of rotatable bonds is 3. The molecule has 4 aromatic rings. The first kappa shape index (κ1) is 16.2. The van der Waals surface area contributed by atoms with Gasteiger partial charge in [0.05, 0.1) is 11.9 Å². The Morgan fingerprint density at radius 2 is 1.92 bits per heavy atom. The van der Waals surface area contributed by atoms with Gasteiger partial charge in [0.15, 0.2) is 0 Å². The summed E-state index contributed by atoms with van der Waals surface area (Å²) in [5.41, 5.74) is 2.34. The summed E-state index contributed by atoms with van der Waals surface area (Å²) in [7, 11) is 1.69. The molecule has 1 N–H and O–H groups in total. The van der Waals surface area contributed by atoms with Crippen LogP contribution >= 0.6 is 11.6 Å². The van der Waals surface area contributed by atoms with Crippen molar-refractivity contribution < 1.29 is 0 Å². The Kier molecular flexibility index (Phi) is 4.10. The molecule has 3 heterocycles. The van der Waals surface area contributed by atoms with Crippen molar-refractivity contribution in [3.63, 3.8) is 0 Å². The van der Waals surface area contributed by atoms with Crippen LogP contribution in [0.4, 0.5) is 11.6 Å². The maximum Gasteiger partial charge on any atom is 0.259 e. The highest BCUT2D eigenvalue weighted by molar-refractivity contribution is 6.33. The molecule has 0 amide bonds. The van der Waals surface area contributed by atoms with Gasteiger partial charge in [0.1, 0.15) is 5.65 Å². The molecule has 0 unspecified atom stereocenters. The maximum atomic E-state index is 12.8. The first-order valence-electron chi connectivity index (χ1n) is 7.92. The fraction of sp³-hybridized carbons (Fsp3) is 0.0526. The molecule has 0 aliphatic rings. The Balaban J connectivity index is 1.83. The van der Waals surface area contributed by atoms with Crippen LogP contribution in [0.25, 0.3) is 22.2 Å². The minimum absolute atomic E-state index is 0.170. The van der Waals surface area contributed by atoms with E-state index in [4.69, 9.17) is 11.6 Å². The van der Waals surface area contributed by atoms with Crippen LogP contribution in [0.2, 0.25) is 5.02 Å². The van der Waals surface area contributed by atoms with Gasteiger partial charge in [-0.2, -0.15) is 4.98 Å². The highest BCUT2D eigenvalue weighted by Gasteiger charge is 2.13. The standard InChI is InChI=1S/C19H14ClN5O/c1-25-17-12(9-15(18(25)26)14-6-2-3-7-16(14)20)10-22-19(24-17)23-13-5-4-8-21-11-13/h2-11H,1H3,(H,22,23,24). The molecule has 0 saturated heterocycles. The molecule has 0 spiro atoms. The van der Waals surface area contributed by atoms with Gasteiger partial charge in [-0.05, 0) is 24.3 Å². The van der Waals surface area contributed by atoms with Crippen molar-refractivity contribution in [1.29, 1.82) is 0 Å². The lowest BCUT2D eigenvalue weighted by Crippen LogP contribution is -2.20. The van der Waals surface area contributed by atoms with Crippen LogP contribution < -0.4 is 10.9 Å². The van der Waals surface area contributed by atoms with E-state index in [1.165, 1.54) is 4.57 Å². The van der Waals surface area contributed by atoms with Gasteiger partial charge in [-0.3, -0.25) is 14.3 Å². The number of aromatic nitrogens is 4. The number of pyridine rings is 2. The summed E-state index contributed by atoms with van der Waals surface area (Å²) >= 11 is 6.25. The summed E-state index contributed by atoms with van der Waals surface area (Å²) in [6, 6.07) is 12.7. The largest absolute Gasteiger partial charge is 0.323 e. The second-order valence-corrected chi connectivity index (χ2v) is 6.15. The fourth-order valence-electron chi connectivity index (χ4n) is 2.75. The van der Waals surface area contributed by atoms with Crippen LogP contribution in [0.3, 0.4) is 0 Å². The monoisotopic (exact) mass is 363 g/mol. The molecule has 128 valence electrons. The molecule has 0 bridgehead atoms. The molecule has 4 rings (SSSR count). The van der Waals surface area contributed by atoms with E-state index in [2.05, 4.69) is 20.3 Å². The predicted octanol–water partition coefficient (Wildman–Crippen LogP) is 3.79. The van der Waals surface area contributed by atoms with E-state index in [1.807, 2.05) is 30.3 Å². The van der Waals surface area contributed by atoms with Crippen LogP contribution in [0.5, 0.6) is 0 Å². The fourth-order valence-corrected chi connectivity index (χ4v) is 2.98. The Labute approximate surface area is 154 Å². The van der Waals surface area contributed by atoms with Crippen LogP contribution in [0.1, 0.15) is 0 Å². The van der Waals surface area contributed by atoms with Crippen LogP contribution in [-0.2, 0) is 7.05 Å². The molecule has 0 fully saturated rings. The Morgan fingerprint density at radius 3 is 2.69 bits per heavy atom. The van der Waals surface area contributed by atoms with E-state index < -0.39 is 0 Å². The van der Waals surface area contributed by atoms with Crippen molar-refractivity contribution >= 4 is 34.3 Å². The topological polar surface area (TPSA) is 72.7 Å². The minimum Gasteiger partial charge on any atom is -0.323 e. The molecular formula is C19H14ClN5O. The number of nitrogens with zero attached hydrogens (tertiary/aromatic N) is 4. The van der Waals surface area contributed by atoms with Crippen LogP contribution in [0, 0.1) is 0 Å². The van der Waals surface area contributed by atoms with Gasteiger partial charge in [0.2, 0.25) is 5.95 Å². The lowest BCUT2D eigenvalue weighted by atomic mass is 10.1. The first-order valence-corrected chi connectivity index (χ1v) is 8.30. The average Bonchev–Trinajstić information content (AvgIpc) is 2.66. The van der Waals surface area contributed by atoms with Crippen molar-refractivity contribution in [2.45, 2.75) is 0 Å². The lowest BCUT2D eigenvalue weighted by Gasteiger charge is -2.11. The number of hydrogen-bond donors (Lipinski definition) is 1. The van der Waals surface area contributed by atoms with Gasteiger partial charge in [-0.25, -0.2) is 4.98 Å². The van der Waals surface area contributed by atoms with E-state index >= 15 is 0 Å². The van der Waals surface area contributed by atoms with Gasteiger partial charge >= 0.3 is 0 Å². The molecule has 7 heteroatoms. The zero-order chi connectivity index (χ0) is 18.1. The maximum absolute atomic E-state index is 12.8. The summed E-state index contributed by atoms with van der Waals surface area (Å²) in [5, 5.41) is 4.35. The Morgan fingerprint density at radius 1 is 1.08 bits per heavy atom. The van der Waals surface area contributed by atoms with Crippen molar-refractivity contribution in [2.24, 2.45) is 7.05 Å². The number of nitrogens with one attached hydrogen (secondary N) is 1. The summed E-state index contributed by atoms with van der Waals surface area (Å²) in [6.45, 7) is 0. The molecule has 0 radical (unpaired) electrons. The third kappa shape index (κ3) is 2.91. The number of fused-ring (bicyclic) bond motifs is 1. The highest BCUT2D eigenvalue weighted by Crippen LogP contribution is 2.27. The van der Waals surface area contributed by atoms with E-state index in [0.29, 0.717) is 27.7 Å². The SMILES string of the molecule is Cn1c(=O)c(-c2ccccc2Cl)cc2cnc(Nc3cccnc3)nc21. The molecule has 0 aliphatic carbocycles. The average molecular weight is 364 g/mol. The van der Waals surface area contributed by atoms with Crippen molar-refractivity contribution in [3.05, 3.63) is 76.4 Å². The number of benzene rings is 1. The zero-order valence-corrected chi connectivity index (χ0v) is 14.6. The highest BCUT2D eigenvalue weighted by atomic mass is 35.5. The molecule has 1 aromatic carbocycles. The Bertz CT molecular complexity index is 1160. The third-order valence-corrected chi connectivity index (χ3v) is 4.36. The second-order valence-electron chi connectivity index (χ2n) is 5.74. The molecule has 3 aromatic heterocycles. The summed E-state index contributed by atoms with van der Waals surface area (Å²) in [6.07, 6.45) is 5.04. The molecule has 26 heavy (non-hydrogen) atoms. The van der Waals surface area contributed by atoms with Gasteiger partial charge in [-0.1, -0.05) is 29.8 Å². The van der Waals surface area contributed by atoms with Gasteiger partial charge < -0.3 is 5.32 Å². The zero-order valence-electron chi connectivity index (χ0n) is 13.8. The number of hydrogen-bond acceptors (Lipinski definition) is 5. The van der Waals surface area contributed by atoms with Crippen molar-refractivity contribution in [2.75, 3.05) is 5.32 Å². The lowest BCUT2D eigenvalue weighted by molar-refractivity contribution is 0.887. The van der Waals surface area contributed by atoms with Crippen molar-refractivity contribution in [3.8, 4) is 11.1 Å². The second kappa shape index (κ2) is 6.57. The molecule has 0 atom stereocenters. The number of anilines is 2. The molecule has 0 saturated carbocycles.